The highest BCUT2D eigenvalue weighted by atomic mass is 35.5. The monoisotopic (exact) mass is 327 g/mol. The Morgan fingerprint density at radius 1 is 1.55 bits per heavy atom. The lowest BCUT2D eigenvalue weighted by molar-refractivity contribution is 0.170. The number of nitrogens with two attached hydrogens (primary N) is 1. The maximum Gasteiger partial charge on any atom is 0.407 e. The van der Waals surface area contributed by atoms with Gasteiger partial charge in [0.05, 0.1) is 24.4 Å². The van der Waals surface area contributed by atoms with Gasteiger partial charge in [-0.15, -0.1) is 0 Å². The molecule has 0 aliphatic rings. The van der Waals surface area contributed by atoms with E-state index in [0.717, 1.165) is 6.07 Å². The number of rotatable bonds is 4. The summed E-state index contributed by atoms with van der Waals surface area (Å²) >= 11 is 5.66. The van der Waals surface area contributed by atoms with E-state index in [4.69, 9.17) is 17.3 Å². The third-order valence-corrected chi connectivity index (χ3v) is 2.83. The fourth-order valence-corrected chi connectivity index (χ4v) is 1.67. The molecule has 1 amide bonds. The summed E-state index contributed by atoms with van der Waals surface area (Å²) < 4.78 is 22.1. The van der Waals surface area contributed by atoms with Gasteiger partial charge in [-0.1, -0.05) is 16.8 Å². The number of alkyl carbamates (subject to hydrolysis) is 1. The summed E-state index contributed by atoms with van der Waals surface area (Å²) in [7, 11) is 1.23. The van der Waals surface area contributed by atoms with Gasteiger partial charge in [-0.3, -0.25) is 0 Å². The topological polar surface area (TPSA) is 116 Å². The Morgan fingerprint density at radius 2 is 2.32 bits per heavy atom. The number of hydrogen-bond donors (Lipinski definition) is 2. The van der Waals surface area contributed by atoms with E-state index in [2.05, 4.69) is 30.0 Å². The number of halogens is 2. The van der Waals surface area contributed by atoms with Crippen molar-refractivity contribution in [3.8, 4) is 0 Å². The molecule has 0 saturated carbocycles. The molecule has 2 aromatic rings. The van der Waals surface area contributed by atoms with Gasteiger partial charge in [-0.25, -0.2) is 18.8 Å². The molecule has 1 aromatic heterocycles. The van der Waals surface area contributed by atoms with E-state index in [1.54, 1.807) is 0 Å². The minimum atomic E-state index is -0.644. The minimum absolute atomic E-state index is 0.00804. The average molecular weight is 328 g/mol. The van der Waals surface area contributed by atoms with Crippen LogP contribution in [0.15, 0.2) is 27.8 Å². The predicted octanol–water partition coefficient (Wildman–Crippen LogP) is 1.76. The van der Waals surface area contributed by atoms with Gasteiger partial charge in [0, 0.05) is 0 Å². The number of methoxy groups -OCH3 is 1. The third-order valence-electron chi connectivity index (χ3n) is 2.54. The van der Waals surface area contributed by atoms with Crippen molar-refractivity contribution in [1.29, 1.82) is 0 Å². The van der Waals surface area contributed by atoms with E-state index in [1.165, 1.54) is 19.2 Å². The van der Waals surface area contributed by atoms with Crippen molar-refractivity contribution >= 4 is 29.2 Å². The number of carbonyl (C=O) groups excluding carboxylic acids is 1. The smallest absolute Gasteiger partial charge is 0.407 e. The Morgan fingerprint density at radius 3 is 3.00 bits per heavy atom. The number of aromatic nitrogens is 2. The van der Waals surface area contributed by atoms with Crippen molar-refractivity contribution in [1.82, 2.24) is 15.6 Å². The van der Waals surface area contributed by atoms with Gasteiger partial charge >= 0.3 is 6.09 Å². The van der Waals surface area contributed by atoms with Crippen molar-refractivity contribution in [2.45, 2.75) is 6.54 Å². The van der Waals surface area contributed by atoms with Gasteiger partial charge in [-0.05, 0) is 23.4 Å². The number of aliphatic imine (C=N–C) groups is 1. The zero-order valence-electron chi connectivity index (χ0n) is 11.3. The van der Waals surface area contributed by atoms with Gasteiger partial charge in [-0.2, -0.15) is 0 Å². The molecule has 0 bridgehead atoms. The van der Waals surface area contributed by atoms with Crippen molar-refractivity contribution in [3.63, 3.8) is 0 Å². The molecule has 0 radical (unpaired) electrons. The highest BCUT2D eigenvalue weighted by Crippen LogP contribution is 2.22. The molecular formula is C12H11ClFN5O3. The molecule has 0 spiro atoms. The molecule has 1 aromatic carbocycles. The number of benzene rings is 1. The zero-order valence-corrected chi connectivity index (χ0v) is 12.1. The minimum Gasteiger partial charge on any atom is -0.453 e. The van der Waals surface area contributed by atoms with E-state index < -0.39 is 11.9 Å². The van der Waals surface area contributed by atoms with Crippen LogP contribution in [0.1, 0.15) is 11.4 Å². The first-order valence-electron chi connectivity index (χ1n) is 5.94. The lowest BCUT2D eigenvalue weighted by Gasteiger charge is -2.02. The summed E-state index contributed by atoms with van der Waals surface area (Å²) in [6.07, 6.45) is -0.644. The molecule has 22 heavy (non-hydrogen) atoms. The highest BCUT2D eigenvalue weighted by molar-refractivity contribution is 6.31. The maximum absolute atomic E-state index is 13.1. The summed E-state index contributed by atoms with van der Waals surface area (Å²) in [4.78, 5) is 15.1. The summed E-state index contributed by atoms with van der Waals surface area (Å²) in [6, 6.07) is 3.87. The molecule has 0 aliphatic carbocycles. The molecular weight excluding hydrogens is 317 g/mol. The molecule has 0 unspecified atom stereocenters. The van der Waals surface area contributed by atoms with Crippen LogP contribution in [0, 0.1) is 5.82 Å². The molecule has 2 rings (SSSR count). The number of carbonyl (C=O) groups is 1. The molecule has 3 N–H and O–H groups in total. The molecule has 0 fully saturated rings. The van der Waals surface area contributed by atoms with Crippen LogP contribution in [0.4, 0.5) is 14.9 Å². The fourth-order valence-electron chi connectivity index (χ4n) is 1.49. The van der Waals surface area contributed by atoms with Crippen molar-refractivity contribution in [2.24, 2.45) is 10.7 Å². The first-order valence-corrected chi connectivity index (χ1v) is 6.32. The Bertz CT molecular complexity index is 719. The number of nitrogens with one attached hydrogen (secondary N) is 1. The molecule has 8 nitrogen and oxygen atoms in total. The second-order valence-corrected chi connectivity index (χ2v) is 4.41. The lowest BCUT2D eigenvalue weighted by Crippen LogP contribution is -2.25. The van der Waals surface area contributed by atoms with Crippen LogP contribution in [0.2, 0.25) is 5.02 Å². The van der Waals surface area contributed by atoms with Crippen molar-refractivity contribution in [3.05, 3.63) is 40.4 Å². The summed E-state index contributed by atoms with van der Waals surface area (Å²) in [5, 5.41) is 9.55. The second kappa shape index (κ2) is 6.85. The van der Waals surface area contributed by atoms with Crippen LogP contribution in [0.5, 0.6) is 0 Å². The quantitative estimate of drug-likeness (QED) is 0.653. The summed E-state index contributed by atoms with van der Waals surface area (Å²) in [5.74, 6) is -0.587. The third kappa shape index (κ3) is 3.70. The Hall–Kier alpha value is -2.68. The number of nitrogens with zero attached hydrogens (tertiary/aromatic N) is 3. The maximum atomic E-state index is 13.1. The molecule has 0 aliphatic heterocycles. The van der Waals surface area contributed by atoms with E-state index >= 15 is 0 Å². The first-order chi connectivity index (χ1) is 10.5. The van der Waals surface area contributed by atoms with Crippen molar-refractivity contribution < 1.29 is 18.6 Å². The summed E-state index contributed by atoms with van der Waals surface area (Å²) in [6.45, 7) is -0.00804. The largest absolute Gasteiger partial charge is 0.453 e. The predicted molar refractivity (Wildman–Crippen MR) is 75.3 cm³/mol. The average Bonchev–Trinajstić information content (AvgIpc) is 2.97. The van der Waals surface area contributed by atoms with Crippen LogP contribution >= 0.6 is 11.6 Å². The van der Waals surface area contributed by atoms with Crippen LogP contribution in [0.3, 0.4) is 0 Å². The molecule has 0 atom stereocenters. The van der Waals surface area contributed by atoms with Crippen LogP contribution in [-0.4, -0.2) is 29.4 Å². The van der Waals surface area contributed by atoms with Gasteiger partial charge in [0.15, 0.2) is 11.5 Å². The molecule has 1 heterocycles. The standard InChI is InChI=1S/C12H11ClFN5O3/c1-21-12(20)16-5-9-10(19-22-18-9)11(15)17-6-2-3-8(14)7(13)4-6/h2-4H,5H2,1H3,(H2,15,17)(H,16,20). The van der Waals surface area contributed by atoms with Gasteiger partial charge < -0.3 is 15.8 Å². The first kappa shape index (κ1) is 15.7. The number of amidine groups is 1. The number of amides is 1. The Balaban J connectivity index is 2.20. The van der Waals surface area contributed by atoms with E-state index in [9.17, 15) is 9.18 Å². The van der Waals surface area contributed by atoms with Crippen LogP contribution in [0.25, 0.3) is 0 Å². The second-order valence-electron chi connectivity index (χ2n) is 4.00. The van der Waals surface area contributed by atoms with E-state index in [-0.39, 0.29) is 28.8 Å². The van der Waals surface area contributed by atoms with Gasteiger partial charge in [0.2, 0.25) is 0 Å². The summed E-state index contributed by atoms with van der Waals surface area (Å²) in [5.41, 5.74) is 6.55. The SMILES string of the molecule is COC(=O)NCc1nonc1C(N)=Nc1ccc(F)c(Cl)c1. The van der Waals surface area contributed by atoms with Crippen LogP contribution < -0.4 is 11.1 Å². The highest BCUT2D eigenvalue weighted by Gasteiger charge is 2.15. The van der Waals surface area contributed by atoms with Crippen LogP contribution in [-0.2, 0) is 11.3 Å². The lowest BCUT2D eigenvalue weighted by atomic mass is 10.3. The number of hydrogen-bond acceptors (Lipinski definition) is 6. The van der Waals surface area contributed by atoms with Gasteiger partial charge in [0.25, 0.3) is 0 Å². The van der Waals surface area contributed by atoms with E-state index in [0.29, 0.717) is 5.69 Å². The number of ether oxygens (including phenoxy) is 1. The fraction of sp³-hybridized carbons (Fsp3) is 0.167. The molecule has 116 valence electrons. The Kier molecular flexibility index (Phi) is 4.89. The molecule has 10 heteroatoms. The Labute approximate surface area is 129 Å². The normalized spacial score (nSPS) is 11.3. The zero-order chi connectivity index (χ0) is 16.1. The van der Waals surface area contributed by atoms with E-state index in [1.807, 2.05) is 0 Å². The van der Waals surface area contributed by atoms with Crippen molar-refractivity contribution in [2.75, 3.05) is 7.11 Å². The van der Waals surface area contributed by atoms with Gasteiger partial charge in [0.1, 0.15) is 11.5 Å². The molecule has 0 saturated heterocycles.